The van der Waals surface area contributed by atoms with Crippen LogP contribution in [0.25, 0.3) is 0 Å². The summed E-state index contributed by atoms with van der Waals surface area (Å²) in [6, 6.07) is 0. The van der Waals surface area contributed by atoms with Crippen LogP contribution in [0.4, 0.5) is 0 Å². The molecule has 4 nitrogen and oxygen atoms in total. The third kappa shape index (κ3) is 7.78. The summed E-state index contributed by atoms with van der Waals surface area (Å²) in [6.45, 7) is 4.39. The van der Waals surface area contributed by atoms with Crippen LogP contribution in [-0.4, -0.2) is 15.4 Å². The van der Waals surface area contributed by atoms with Crippen molar-refractivity contribution in [3.05, 3.63) is 0 Å². The van der Waals surface area contributed by atoms with Gasteiger partial charge in [0.2, 0.25) is 0 Å². The SMILES string of the molecule is CCCCCC(CCC)CC1(OP(=O)(O)O)CCCCC1. The van der Waals surface area contributed by atoms with E-state index in [1.807, 2.05) is 0 Å². The first-order chi connectivity index (χ1) is 9.91. The molecule has 0 aromatic heterocycles. The van der Waals surface area contributed by atoms with Gasteiger partial charge in [-0.2, -0.15) is 0 Å². The van der Waals surface area contributed by atoms with Crippen LogP contribution < -0.4 is 0 Å². The van der Waals surface area contributed by atoms with E-state index in [9.17, 15) is 14.4 Å². The van der Waals surface area contributed by atoms with Gasteiger partial charge in [0, 0.05) is 0 Å². The molecule has 0 heterocycles. The second kappa shape index (κ2) is 9.29. The summed E-state index contributed by atoms with van der Waals surface area (Å²) in [7, 11) is -4.41. The highest BCUT2D eigenvalue weighted by Gasteiger charge is 2.40. The molecule has 0 radical (unpaired) electrons. The van der Waals surface area contributed by atoms with E-state index in [4.69, 9.17) is 4.52 Å². The van der Waals surface area contributed by atoms with Crippen molar-refractivity contribution in [1.29, 1.82) is 0 Å². The van der Waals surface area contributed by atoms with Gasteiger partial charge in [0.15, 0.2) is 0 Å². The highest BCUT2D eigenvalue weighted by atomic mass is 31.2. The second-order valence-corrected chi connectivity index (χ2v) is 7.84. The Morgan fingerprint density at radius 1 is 1.05 bits per heavy atom. The fourth-order valence-electron chi connectivity index (χ4n) is 3.75. The van der Waals surface area contributed by atoms with Gasteiger partial charge in [-0.25, -0.2) is 4.57 Å². The van der Waals surface area contributed by atoms with Gasteiger partial charge >= 0.3 is 7.82 Å². The van der Waals surface area contributed by atoms with E-state index in [1.165, 1.54) is 19.3 Å². The molecule has 0 aliphatic heterocycles. The van der Waals surface area contributed by atoms with Gasteiger partial charge in [0.25, 0.3) is 0 Å². The van der Waals surface area contributed by atoms with Crippen molar-refractivity contribution >= 4 is 7.82 Å². The molecule has 1 atom stereocenters. The molecule has 0 aromatic rings. The minimum Gasteiger partial charge on any atom is -0.303 e. The van der Waals surface area contributed by atoms with Crippen molar-refractivity contribution in [3.63, 3.8) is 0 Å². The Morgan fingerprint density at radius 3 is 2.24 bits per heavy atom. The van der Waals surface area contributed by atoms with E-state index in [0.717, 1.165) is 57.8 Å². The van der Waals surface area contributed by atoms with Crippen molar-refractivity contribution in [3.8, 4) is 0 Å². The van der Waals surface area contributed by atoms with Crippen LogP contribution in [-0.2, 0) is 9.09 Å². The maximum atomic E-state index is 11.4. The topological polar surface area (TPSA) is 66.8 Å². The van der Waals surface area contributed by atoms with E-state index in [1.54, 1.807) is 0 Å². The molecular weight excluding hydrogens is 287 g/mol. The fourth-order valence-corrected chi connectivity index (χ4v) is 4.51. The highest BCUT2D eigenvalue weighted by molar-refractivity contribution is 7.46. The molecular formula is C16H33O4P. The smallest absolute Gasteiger partial charge is 0.303 e. The van der Waals surface area contributed by atoms with E-state index in [-0.39, 0.29) is 0 Å². The van der Waals surface area contributed by atoms with E-state index in [0.29, 0.717) is 5.92 Å². The lowest BCUT2D eigenvalue weighted by Gasteiger charge is -2.39. The quantitative estimate of drug-likeness (QED) is 0.429. The van der Waals surface area contributed by atoms with Gasteiger partial charge < -0.3 is 9.79 Å². The number of hydrogen-bond donors (Lipinski definition) is 2. The Hall–Kier alpha value is 0.110. The largest absolute Gasteiger partial charge is 0.470 e. The van der Waals surface area contributed by atoms with Gasteiger partial charge in [0.05, 0.1) is 5.60 Å². The molecule has 1 aliphatic carbocycles. The van der Waals surface area contributed by atoms with Crippen LogP contribution in [0.15, 0.2) is 0 Å². The fraction of sp³-hybridized carbons (Fsp3) is 1.00. The molecule has 1 rings (SSSR count). The zero-order valence-corrected chi connectivity index (χ0v) is 14.6. The Labute approximate surface area is 129 Å². The predicted octanol–water partition coefficient (Wildman–Crippen LogP) is 5.19. The summed E-state index contributed by atoms with van der Waals surface area (Å²) in [5.74, 6) is 0.534. The van der Waals surface area contributed by atoms with E-state index < -0.39 is 13.4 Å². The first-order valence-corrected chi connectivity index (χ1v) is 10.2. The van der Waals surface area contributed by atoms with Crippen LogP contribution in [0.2, 0.25) is 0 Å². The van der Waals surface area contributed by atoms with Crippen molar-refractivity contribution in [2.45, 2.75) is 96.5 Å². The molecule has 0 aromatic carbocycles. The maximum absolute atomic E-state index is 11.4. The van der Waals surface area contributed by atoms with Crippen molar-refractivity contribution < 1.29 is 18.9 Å². The van der Waals surface area contributed by atoms with E-state index in [2.05, 4.69) is 13.8 Å². The molecule has 0 amide bonds. The lowest BCUT2D eigenvalue weighted by molar-refractivity contribution is -0.0183. The number of phosphoric ester groups is 1. The zero-order valence-electron chi connectivity index (χ0n) is 13.7. The molecule has 126 valence electrons. The first kappa shape index (κ1) is 19.2. The molecule has 1 fully saturated rings. The van der Waals surface area contributed by atoms with Gasteiger partial charge in [0.1, 0.15) is 0 Å². The third-order valence-electron chi connectivity index (χ3n) is 4.65. The molecule has 0 spiro atoms. The molecule has 5 heteroatoms. The van der Waals surface area contributed by atoms with E-state index >= 15 is 0 Å². The maximum Gasteiger partial charge on any atom is 0.470 e. The minimum absolute atomic E-state index is 0.534. The summed E-state index contributed by atoms with van der Waals surface area (Å²) in [6.07, 6.45) is 12.7. The summed E-state index contributed by atoms with van der Waals surface area (Å²) in [5.41, 5.74) is -0.580. The summed E-state index contributed by atoms with van der Waals surface area (Å²) in [5, 5.41) is 0. The first-order valence-electron chi connectivity index (χ1n) is 8.67. The summed E-state index contributed by atoms with van der Waals surface area (Å²) >= 11 is 0. The zero-order chi connectivity index (χ0) is 15.8. The third-order valence-corrected chi connectivity index (χ3v) is 5.28. The highest BCUT2D eigenvalue weighted by Crippen LogP contribution is 2.50. The molecule has 0 bridgehead atoms. The van der Waals surface area contributed by atoms with Crippen molar-refractivity contribution in [1.82, 2.24) is 0 Å². The number of unbranched alkanes of at least 4 members (excludes halogenated alkanes) is 2. The molecule has 1 aliphatic rings. The Kier molecular flexibility index (Phi) is 8.48. The Balaban J connectivity index is 2.69. The monoisotopic (exact) mass is 320 g/mol. The van der Waals surface area contributed by atoms with Crippen molar-refractivity contribution in [2.24, 2.45) is 5.92 Å². The van der Waals surface area contributed by atoms with Crippen LogP contribution in [0.5, 0.6) is 0 Å². The van der Waals surface area contributed by atoms with Crippen LogP contribution in [0.3, 0.4) is 0 Å². The summed E-state index contributed by atoms with van der Waals surface area (Å²) in [4.78, 5) is 18.6. The second-order valence-electron chi connectivity index (χ2n) is 6.68. The number of hydrogen-bond acceptors (Lipinski definition) is 2. The lowest BCUT2D eigenvalue weighted by Crippen LogP contribution is -2.36. The Bertz CT molecular complexity index is 320. The average Bonchev–Trinajstić information content (AvgIpc) is 2.38. The molecule has 1 unspecified atom stereocenters. The van der Waals surface area contributed by atoms with Crippen LogP contribution in [0.1, 0.15) is 90.9 Å². The Morgan fingerprint density at radius 2 is 1.71 bits per heavy atom. The molecule has 21 heavy (non-hydrogen) atoms. The van der Waals surface area contributed by atoms with Crippen LogP contribution >= 0.6 is 7.82 Å². The standard InChI is InChI=1S/C16H33O4P/c1-3-5-7-11-15(10-4-2)14-16(20-21(17,18)19)12-8-6-9-13-16/h15H,3-14H2,1-2H3,(H2,17,18,19). The van der Waals surface area contributed by atoms with Crippen molar-refractivity contribution in [2.75, 3.05) is 0 Å². The lowest BCUT2D eigenvalue weighted by atomic mass is 9.76. The molecule has 2 N–H and O–H groups in total. The number of phosphoric acid groups is 1. The minimum atomic E-state index is -4.41. The average molecular weight is 320 g/mol. The summed E-state index contributed by atoms with van der Waals surface area (Å²) < 4.78 is 16.7. The van der Waals surface area contributed by atoms with Gasteiger partial charge in [-0.15, -0.1) is 0 Å². The van der Waals surface area contributed by atoms with Crippen LogP contribution in [0, 0.1) is 5.92 Å². The molecule has 0 saturated heterocycles. The van der Waals surface area contributed by atoms with Gasteiger partial charge in [-0.05, 0) is 25.2 Å². The van der Waals surface area contributed by atoms with Gasteiger partial charge in [-0.1, -0.05) is 71.6 Å². The molecule has 1 saturated carbocycles. The normalized spacial score (nSPS) is 20.4. The number of rotatable bonds is 10. The predicted molar refractivity (Wildman–Crippen MR) is 86.1 cm³/mol. The van der Waals surface area contributed by atoms with Gasteiger partial charge in [-0.3, -0.25) is 4.52 Å².